The van der Waals surface area contributed by atoms with E-state index in [0.29, 0.717) is 5.92 Å². The molecule has 4 unspecified atom stereocenters. The fraction of sp³-hybridized carbons (Fsp3) is 0.923. The third-order valence-corrected chi connectivity index (χ3v) is 4.50. The van der Waals surface area contributed by atoms with Gasteiger partial charge in [-0.2, -0.15) is 0 Å². The van der Waals surface area contributed by atoms with Gasteiger partial charge in [-0.25, -0.2) is 0 Å². The van der Waals surface area contributed by atoms with Crippen LogP contribution in [0.4, 0.5) is 0 Å². The van der Waals surface area contributed by atoms with Crippen molar-refractivity contribution >= 4 is 5.97 Å². The van der Waals surface area contributed by atoms with E-state index in [1.165, 1.54) is 13.5 Å². The highest BCUT2D eigenvalue weighted by Gasteiger charge is 2.73. The molecule has 4 heteroatoms. The van der Waals surface area contributed by atoms with Crippen molar-refractivity contribution in [2.75, 3.05) is 20.3 Å². The van der Waals surface area contributed by atoms with Gasteiger partial charge in [-0.05, 0) is 43.4 Å². The minimum Gasteiger partial charge on any atom is -0.469 e. The minimum atomic E-state index is -0.0404. The Labute approximate surface area is 102 Å². The highest BCUT2D eigenvalue weighted by Crippen LogP contribution is 2.74. The fourth-order valence-corrected chi connectivity index (χ4v) is 3.15. The number of esters is 1. The maximum Gasteiger partial charge on any atom is 0.309 e. The van der Waals surface area contributed by atoms with E-state index in [0.717, 1.165) is 38.9 Å². The molecule has 0 aromatic rings. The van der Waals surface area contributed by atoms with Crippen LogP contribution in [-0.2, 0) is 19.0 Å². The summed E-state index contributed by atoms with van der Waals surface area (Å²) in [6.07, 6.45) is 5.48. The topological polar surface area (TPSA) is 44.8 Å². The van der Waals surface area contributed by atoms with E-state index in [1.807, 2.05) is 0 Å². The van der Waals surface area contributed by atoms with Crippen LogP contribution in [0.1, 0.15) is 32.1 Å². The van der Waals surface area contributed by atoms with E-state index in [2.05, 4.69) is 0 Å². The third kappa shape index (κ3) is 2.08. The highest BCUT2D eigenvalue weighted by atomic mass is 16.7. The number of hydrogen-bond acceptors (Lipinski definition) is 4. The van der Waals surface area contributed by atoms with E-state index in [-0.39, 0.29) is 23.6 Å². The second kappa shape index (κ2) is 4.25. The van der Waals surface area contributed by atoms with Gasteiger partial charge in [-0.3, -0.25) is 4.79 Å². The molecule has 0 N–H and O–H groups in total. The van der Waals surface area contributed by atoms with E-state index in [9.17, 15) is 4.79 Å². The number of hydrogen-bond donors (Lipinski definition) is 0. The van der Waals surface area contributed by atoms with Gasteiger partial charge in [0.15, 0.2) is 6.29 Å². The van der Waals surface area contributed by atoms with Crippen molar-refractivity contribution in [1.29, 1.82) is 0 Å². The van der Waals surface area contributed by atoms with Crippen LogP contribution in [0.2, 0.25) is 0 Å². The Hall–Kier alpha value is -0.610. The Morgan fingerprint density at radius 2 is 2.29 bits per heavy atom. The number of rotatable bonds is 4. The van der Waals surface area contributed by atoms with Gasteiger partial charge in [0, 0.05) is 6.61 Å². The quantitative estimate of drug-likeness (QED) is 0.702. The summed E-state index contributed by atoms with van der Waals surface area (Å²) in [6.45, 7) is 1.57. The Kier molecular flexibility index (Phi) is 2.87. The normalized spacial score (nSPS) is 43.5. The molecule has 17 heavy (non-hydrogen) atoms. The highest BCUT2D eigenvalue weighted by molar-refractivity contribution is 5.78. The first-order valence-corrected chi connectivity index (χ1v) is 6.57. The van der Waals surface area contributed by atoms with Crippen LogP contribution in [0, 0.1) is 17.3 Å². The summed E-state index contributed by atoms with van der Waals surface area (Å²) in [5, 5.41) is 0. The van der Waals surface area contributed by atoms with Crippen molar-refractivity contribution in [2.24, 2.45) is 17.3 Å². The summed E-state index contributed by atoms with van der Waals surface area (Å²) < 4.78 is 16.1. The van der Waals surface area contributed by atoms with E-state index < -0.39 is 0 Å². The lowest BCUT2D eigenvalue weighted by Gasteiger charge is -2.22. The Bertz CT molecular complexity index is 311. The molecule has 0 aromatic carbocycles. The van der Waals surface area contributed by atoms with Gasteiger partial charge in [0.1, 0.15) is 0 Å². The molecule has 1 heterocycles. The van der Waals surface area contributed by atoms with Crippen LogP contribution in [0.5, 0.6) is 0 Å². The van der Waals surface area contributed by atoms with Crippen molar-refractivity contribution in [3.05, 3.63) is 0 Å². The number of carbonyl (C=O) groups excluding carboxylic acids is 1. The van der Waals surface area contributed by atoms with Gasteiger partial charge in [-0.1, -0.05) is 0 Å². The molecule has 1 aliphatic heterocycles. The maximum atomic E-state index is 11.4. The molecule has 96 valence electrons. The van der Waals surface area contributed by atoms with Gasteiger partial charge in [0.25, 0.3) is 0 Å². The van der Waals surface area contributed by atoms with Gasteiger partial charge >= 0.3 is 5.97 Å². The summed E-state index contributed by atoms with van der Waals surface area (Å²) in [6, 6.07) is 0. The molecule has 2 aliphatic carbocycles. The first kappa shape index (κ1) is 11.5. The molecule has 0 amide bonds. The molecular formula is C13H20O4. The summed E-state index contributed by atoms with van der Waals surface area (Å²) in [5.41, 5.74) is 0.252. The summed E-state index contributed by atoms with van der Waals surface area (Å²) >= 11 is 0. The SMILES string of the molecule is COC(=O)C1CC12CC2COC1CCCCO1. The zero-order valence-electron chi connectivity index (χ0n) is 10.3. The standard InChI is InChI=1S/C13H20O4/c1-15-12(14)10-7-13(10)6-9(13)8-17-11-4-2-3-5-16-11/h9-11H,2-8H2,1H3. The largest absolute Gasteiger partial charge is 0.469 e. The zero-order chi connectivity index (χ0) is 11.9. The summed E-state index contributed by atoms with van der Waals surface area (Å²) in [7, 11) is 1.47. The van der Waals surface area contributed by atoms with Gasteiger partial charge in [0.05, 0.1) is 19.6 Å². The lowest BCUT2D eigenvalue weighted by Crippen LogP contribution is -2.23. The van der Waals surface area contributed by atoms with Gasteiger partial charge in [-0.15, -0.1) is 0 Å². The molecular weight excluding hydrogens is 220 g/mol. The second-order valence-electron chi connectivity index (χ2n) is 5.54. The van der Waals surface area contributed by atoms with Crippen LogP contribution in [0.3, 0.4) is 0 Å². The zero-order valence-corrected chi connectivity index (χ0v) is 10.3. The monoisotopic (exact) mass is 240 g/mol. The Morgan fingerprint density at radius 3 is 3.00 bits per heavy atom. The van der Waals surface area contributed by atoms with Crippen molar-refractivity contribution < 1.29 is 19.0 Å². The fourth-order valence-electron chi connectivity index (χ4n) is 3.15. The molecule has 0 radical (unpaired) electrons. The molecule has 4 atom stereocenters. The molecule has 3 fully saturated rings. The molecule has 3 rings (SSSR count). The van der Waals surface area contributed by atoms with E-state index in [4.69, 9.17) is 14.2 Å². The van der Waals surface area contributed by atoms with E-state index >= 15 is 0 Å². The Morgan fingerprint density at radius 1 is 1.41 bits per heavy atom. The summed E-state index contributed by atoms with van der Waals surface area (Å²) in [5.74, 6) is 0.659. The predicted octanol–water partition coefficient (Wildman–Crippen LogP) is 1.73. The number of carbonyl (C=O) groups is 1. The first-order chi connectivity index (χ1) is 8.26. The molecule has 2 saturated carbocycles. The Balaban J connectivity index is 1.40. The van der Waals surface area contributed by atoms with Crippen molar-refractivity contribution in [3.8, 4) is 0 Å². The van der Waals surface area contributed by atoms with Crippen LogP contribution in [-0.4, -0.2) is 32.6 Å². The van der Waals surface area contributed by atoms with Crippen LogP contribution >= 0.6 is 0 Å². The molecule has 1 spiro atoms. The van der Waals surface area contributed by atoms with Crippen molar-refractivity contribution in [1.82, 2.24) is 0 Å². The molecule has 0 bridgehead atoms. The second-order valence-corrected chi connectivity index (χ2v) is 5.54. The average Bonchev–Trinajstić information content (AvgIpc) is 3.27. The number of methoxy groups -OCH3 is 1. The smallest absolute Gasteiger partial charge is 0.309 e. The third-order valence-electron chi connectivity index (χ3n) is 4.50. The van der Waals surface area contributed by atoms with Crippen LogP contribution < -0.4 is 0 Å². The minimum absolute atomic E-state index is 0.00303. The van der Waals surface area contributed by atoms with Gasteiger partial charge in [0.2, 0.25) is 0 Å². The molecule has 3 aliphatic rings. The van der Waals surface area contributed by atoms with Crippen LogP contribution in [0.15, 0.2) is 0 Å². The summed E-state index contributed by atoms with van der Waals surface area (Å²) in [4.78, 5) is 11.4. The first-order valence-electron chi connectivity index (χ1n) is 6.57. The molecule has 4 nitrogen and oxygen atoms in total. The molecule has 0 aromatic heterocycles. The van der Waals surface area contributed by atoms with Crippen molar-refractivity contribution in [3.63, 3.8) is 0 Å². The van der Waals surface area contributed by atoms with Crippen molar-refractivity contribution in [2.45, 2.75) is 38.4 Å². The maximum absolute atomic E-state index is 11.4. The van der Waals surface area contributed by atoms with E-state index in [1.54, 1.807) is 0 Å². The number of ether oxygens (including phenoxy) is 3. The lowest BCUT2D eigenvalue weighted by molar-refractivity contribution is -0.165. The predicted molar refractivity (Wildman–Crippen MR) is 60.2 cm³/mol. The van der Waals surface area contributed by atoms with Crippen LogP contribution in [0.25, 0.3) is 0 Å². The molecule has 1 saturated heterocycles. The average molecular weight is 240 g/mol. The lowest BCUT2D eigenvalue weighted by atomic mass is 10.2. The van der Waals surface area contributed by atoms with Gasteiger partial charge < -0.3 is 14.2 Å².